The van der Waals surface area contributed by atoms with Crippen molar-refractivity contribution < 1.29 is 24.8 Å². The average molecular weight is 343 g/mol. The summed E-state index contributed by atoms with van der Waals surface area (Å²) in [5, 5.41) is 17.4. The van der Waals surface area contributed by atoms with Crippen LogP contribution in [0.3, 0.4) is 0 Å². The first-order valence-corrected chi connectivity index (χ1v) is 7.51. The van der Waals surface area contributed by atoms with Crippen molar-refractivity contribution in [1.82, 2.24) is 9.97 Å². The van der Waals surface area contributed by atoms with Gasteiger partial charge in [-0.05, 0) is 31.2 Å². The number of nitrogens with zero attached hydrogens (tertiary/aromatic N) is 2. The Bertz CT molecular complexity index is 820. The fraction of sp³-hybridized carbons (Fsp3) is 0.235. The van der Waals surface area contributed by atoms with Gasteiger partial charge in [-0.1, -0.05) is 0 Å². The number of carbonyl (C=O) groups is 2. The standard InChI is InChI=1S/C17H18N4O4/c1-10-5-6-19-15(21-10)9-25-12-3-4-14(20-8-16(23)24)13(7-12)17(18)11(2)22/h3-7,18,20H,8-9H2,1-2H3,(H,23,24)/p+1. The van der Waals surface area contributed by atoms with Gasteiger partial charge in [0.05, 0.1) is 5.56 Å². The second-order valence-electron chi connectivity index (χ2n) is 5.33. The molecule has 8 nitrogen and oxygen atoms in total. The number of anilines is 1. The molecule has 0 bridgehead atoms. The van der Waals surface area contributed by atoms with Crippen molar-refractivity contribution >= 4 is 23.2 Å². The van der Waals surface area contributed by atoms with Gasteiger partial charge in [-0.25, -0.2) is 9.97 Å². The number of ketones is 1. The number of aliphatic carboxylic acids is 1. The number of Topliss-reactive ketones (excluding diaryl/α,β-unsaturated/α-hetero) is 1. The number of carboxylic acid groups (broad SMARTS) is 1. The fourth-order valence-corrected chi connectivity index (χ4v) is 2.07. The van der Waals surface area contributed by atoms with Crippen LogP contribution in [-0.4, -0.2) is 39.1 Å². The summed E-state index contributed by atoms with van der Waals surface area (Å²) in [7, 11) is 0. The molecule has 0 saturated heterocycles. The molecule has 8 heteroatoms. The topological polar surface area (TPSA) is 127 Å². The zero-order valence-corrected chi connectivity index (χ0v) is 13.9. The lowest BCUT2D eigenvalue weighted by molar-refractivity contribution is -0.135. The number of hydrogen-bond donors (Lipinski definition) is 3. The third-order valence-corrected chi connectivity index (χ3v) is 3.30. The number of hydrogen-bond acceptors (Lipinski definition) is 6. The molecule has 0 aliphatic rings. The van der Waals surface area contributed by atoms with Crippen LogP contribution in [0.15, 0.2) is 30.5 Å². The summed E-state index contributed by atoms with van der Waals surface area (Å²) >= 11 is 0. The molecular formula is C17H19N4O4+. The lowest BCUT2D eigenvalue weighted by Gasteiger charge is -2.11. The largest absolute Gasteiger partial charge is 0.486 e. The minimum atomic E-state index is -1.02. The highest BCUT2D eigenvalue weighted by Crippen LogP contribution is 2.23. The van der Waals surface area contributed by atoms with E-state index in [0.717, 1.165) is 5.69 Å². The van der Waals surface area contributed by atoms with Crippen LogP contribution in [-0.2, 0) is 16.2 Å². The van der Waals surface area contributed by atoms with Gasteiger partial charge in [0.15, 0.2) is 5.82 Å². The van der Waals surface area contributed by atoms with Gasteiger partial charge in [-0.3, -0.25) is 15.0 Å². The minimum Gasteiger partial charge on any atom is -0.486 e. The third kappa shape index (κ3) is 5.10. The van der Waals surface area contributed by atoms with Gasteiger partial charge in [0.25, 0.3) is 0 Å². The molecule has 4 N–H and O–H groups in total. The van der Waals surface area contributed by atoms with Crippen molar-refractivity contribution in [1.29, 1.82) is 0 Å². The summed E-state index contributed by atoms with van der Waals surface area (Å²) in [6.07, 6.45) is 1.65. The normalized spacial score (nSPS) is 10.2. The Hall–Kier alpha value is -3.29. The van der Waals surface area contributed by atoms with E-state index in [4.69, 9.17) is 15.3 Å². The number of aryl methyl sites for hydroxylation is 1. The van der Waals surface area contributed by atoms with E-state index in [0.29, 0.717) is 22.8 Å². The van der Waals surface area contributed by atoms with Crippen LogP contribution in [0.4, 0.5) is 5.69 Å². The molecular weight excluding hydrogens is 324 g/mol. The molecule has 1 aromatic carbocycles. The lowest BCUT2D eigenvalue weighted by atomic mass is 10.0. The average Bonchev–Trinajstić information content (AvgIpc) is 2.57. The molecule has 0 amide bonds. The van der Waals surface area contributed by atoms with E-state index in [2.05, 4.69) is 15.3 Å². The Balaban J connectivity index is 2.21. The molecule has 0 fully saturated rings. The molecule has 2 aromatic rings. The van der Waals surface area contributed by atoms with Gasteiger partial charge in [-0.2, -0.15) is 0 Å². The number of carbonyl (C=O) groups excluding carboxylic acids is 1. The van der Waals surface area contributed by atoms with Gasteiger partial charge < -0.3 is 15.2 Å². The molecule has 0 saturated carbocycles. The van der Waals surface area contributed by atoms with Crippen LogP contribution >= 0.6 is 0 Å². The fourth-order valence-electron chi connectivity index (χ4n) is 2.07. The van der Waals surface area contributed by atoms with Crippen molar-refractivity contribution in [3.63, 3.8) is 0 Å². The molecule has 0 aliphatic carbocycles. The molecule has 2 rings (SSSR count). The third-order valence-electron chi connectivity index (χ3n) is 3.30. The van der Waals surface area contributed by atoms with E-state index in [1.165, 1.54) is 6.92 Å². The van der Waals surface area contributed by atoms with Gasteiger partial charge in [0.2, 0.25) is 11.5 Å². The Morgan fingerprint density at radius 1 is 1.32 bits per heavy atom. The van der Waals surface area contributed by atoms with E-state index >= 15 is 0 Å². The van der Waals surface area contributed by atoms with Crippen molar-refractivity contribution in [3.8, 4) is 5.75 Å². The van der Waals surface area contributed by atoms with Crippen LogP contribution in [0.5, 0.6) is 5.75 Å². The number of nitrogens with two attached hydrogens (primary N) is 1. The molecule has 1 heterocycles. The summed E-state index contributed by atoms with van der Waals surface area (Å²) in [5.74, 6) is -0.356. The highest BCUT2D eigenvalue weighted by atomic mass is 16.5. The lowest BCUT2D eigenvalue weighted by Crippen LogP contribution is -2.45. The molecule has 0 atom stereocenters. The summed E-state index contributed by atoms with van der Waals surface area (Å²) in [6, 6.07) is 6.63. The van der Waals surface area contributed by atoms with Gasteiger partial charge in [-0.15, -0.1) is 0 Å². The number of benzene rings is 1. The SMILES string of the molecule is CC(=O)C(=[NH2+])c1cc(OCc2nccc(C)n2)ccc1NCC(=O)O. The van der Waals surface area contributed by atoms with Gasteiger partial charge >= 0.3 is 5.97 Å². The highest BCUT2D eigenvalue weighted by Gasteiger charge is 2.19. The maximum Gasteiger partial charge on any atom is 0.322 e. The summed E-state index contributed by atoms with van der Waals surface area (Å²) in [4.78, 5) is 30.7. The first kappa shape index (κ1) is 18.1. The van der Waals surface area contributed by atoms with E-state index < -0.39 is 5.97 Å². The van der Waals surface area contributed by atoms with Crippen LogP contribution in [0.2, 0.25) is 0 Å². The molecule has 0 spiro atoms. The van der Waals surface area contributed by atoms with E-state index in [1.807, 2.05) is 6.92 Å². The Morgan fingerprint density at radius 3 is 2.72 bits per heavy atom. The quantitative estimate of drug-likeness (QED) is 0.576. The predicted molar refractivity (Wildman–Crippen MR) is 90.4 cm³/mol. The molecule has 0 unspecified atom stereocenters. The number of ether oxygens (including phenoxy) is 1. The maximum absolute atomic E-state index is 11.6. The van der Waals surface area contributed by atoms with Gasteiger partial charge in [0.1, 0.15) is 18.9 Å². The molecule has 1 aromatic heterocycles. The van der Waals surface area contributed by atoms with E-state index in [1.54, 1.807) is 30.5 Å². The van der Waals surface area contributed by atoms with Crippen LogP contribution in [0.25, 0.3) is 0 Å². The van der Waals surface area contributed by atoms with Crippen molar-refractivity contribution in [2.75, 3.05) is 11.9 Å². The summed E-state index contributed by atoms with van der Waals surface area (Å²) in [5.41, 5.74) is 1.67. The molecule has 0 aliphatic heterocycles. The zero-order chi connectivity index (χ0) is 18.4. The number of carboxylic acids is 1. The zero-order valence-electron chi connectivity index (χ0n) is 13.9. The number of aromatic nitrogens is 2. The van der Waals surface area contributed by atoms with E-state index in [9.17, 15) is 9.59 Å². The minimum absolute atomic E-state index is 0.0187. The summed E-state index contributed by atoms with van der Waals surface area (Å²) < 4.78 is 5.65. The number of rotatable bonds is 8. The van der Waals surface area contributed by atoms with E-state index in [-0.39, 0.29) is 24.6 Å². The first-order chi connectivity index (χ1) is 11.9. The highest BCUT2D eigenvalue weighted by molar-refractivity contribution is 6.44. The van der Waals surface area contributed by atoms with Crippen LogP contribution in [0, 0.1) is 6.92 Å². The summed E-state index contributed by atoms with van der Waals surface area (Å²) in [6.45, 7) is 3.05. The van der Waals surface area contributed by atoms with Crippen LogP contribution in [0.1, 0.15) is 24.0 Å². The second kappa shape index (κ2) is 8.00. The van der Waals surface area contributed by atoms with Crippen LogP contribution < -0.4 is 15.5 Å². The smallest absolute Gasteiger partial charge is 0.322 e. The number of nitrogens with one attached hydrogen (secondary N) is 1. The Kier molecular flexibility index (Phi) is 5.78. The molecule has 25 heavy (non-hydrogen) atoms. The Morgan fingerprint density at radius 2 is 2.08 bits per heavy atom. The predicted octanol–water partition coefficient (Wildman–Crippen LogP) is -0.00228. The second-order valence-corrected chi connectivity index (χ2v) is 5.33. The van der Waals surface area contributed by atoms with Crippen molar-refractivity contribution in [2.24, 2.45) is 0 Å². The maximum atomic E-state index is 11.6. The van der Waals surface area contributed by atoms with Gasteiger partial charge in [0, 0.05) is 24.5 Å². The monoisotopic (exact) mass is 343 g/mol. The molecule has 130 valence electrons. The molecule has 0 radical (unpaired) electrons. The van der Waals surface area contributed by atoms with Crippen molar-refractivity contribution in [3.05, 3.63) is 47.5 Å². The van der Waals surface area contributed by atoms with Crippen molar-refractivity contribution in [2.45, 2.75) is 20.5 Å². The Labute approximate surface area is 144 Å². The first-order valence-electron chi connectivity index (χ1n) is 7.51.